The Bertz CT molecular complexity index is 724. The zero-order valence-corrected chi connectivity index (χ0v) is 14.6. The van der Waals surface area contributed by atoms with Gasteiger partial charge >= 0.3 is 0 Å². The van der Waals surface area contributed by atoms with Crippen molar-refractivity contribution in [2.45, 2.75) is 13.3 Å². The molecule has 0 saturated carbocycles. The van der Waals surface area contributed by atoms with E-state index in [1.807, 2.05) is 24.9 Å². The minimum absolute atomic E-state index is 0.0506. The number of rotatable bonds is 5. The Morgan fingerprint density at radius 3 is 3.00 bits per heavy atom. The van der Waals surface area contributed by atoms with Crippen molar-refractivity contribution < 1.29 is 14.0 Å². The molecule has 0 radical (unpaired) electrons. The summed E-state index contributed by atoms with van der Waals surface area (Å²) < 4.78 is 5.08. The topological polar surface area (TPSA) is 74.6 Å². The number of nitrogens with one attached hydrogen (secondary N) is 2. The number of anilines is 1. The number of likely N-dealkylation sites (tertiary alicyclic amines) is 1. The predicted molar refractivity (Wildman–Crippen MR) is 93.7 cm³/mol. The Morgan fingerprint density at radius 1 is 1.46 bits per heavy atom. The van der Waals surface area contributed by atoms with Crippen molar-refractivity contribution in [3.8, 4) is 0 Å². The third kappa shape index (κ3) is 3.52. The number of aryl methyl sites for hydroxylation is 1. The summed E-state index contributed by atoms with van der Waals surface area (Å²) in [6, 6.07) is 5.10. The van der Waals surface area contributed by atoms with Crippen molar-refractivity contribution in [3.05, 3.63) is 40.7 Å². The molecule has 1 saturated heterocycles. The molecule has 2 aromatic heterocycles. The highest BCUT2D eigenvalue weighted by atomic mass is 32.1. The van der Waals surface area contributed by atoms with Crippen molar-refractivity contribution in [1.82, 2.24) is 10.2 Å². The number of nitrogens with zero attached hydrogens (tertiary/aromatic N) is 1. The third-order valence-corrected chi connectivity index (χ3v) is 5.30. The summed E-state index contributed by atoms with van der Waals surface area (Å²) in [7, 11) is 1.93. The first-order valence-corrected chi connectivity index (χ1v) is 8.79. The van der Waals surface area contributed by atoms with Crippen LogP contribution in [0.5, 0.6) is 0 Å². The summed E-state index contributed by atoms with van der Waals surface area (Å²) in [5, 5.41) is 6.61. The Balaban J connectivity index is 1.68. The van der Waals surface area contributed by atoms with Crippen LogP contribution in [0.3, 0.4) is 0 Å². The van der Waals surface area contributed by atoms with Crippen LogP contribution < -0.4 is 10.6 Å². The lowest BCUT2D eigenvalue weighted by Crippen LogP contribution is -2.30. The Kier molecular flexibility index (Phi) is 5.01. The average Bonchev–Trinajstić information content (AvgIpc) is 3.27. The highest BCUT2D eigenvalue weighted by Gasteiger charge is 2.28. The van der Waals surface area contributed by atoms with Gasteiger partial charge in [-0.1, -0.05) is 0 Å². The predicted octanol–water partition coefficient (Wildman–Crippen LogP) is 2.58. The van der Waals surface area contributed by atoms with Gasteiger partial charge in [0.05, 0.1) is 16.1 Å². The summed E-state index contributed by atoms with van der Waals surface area (Å²) in [6.45, 7) is 4.40. The summed E-state index contributed by atoms with van der Waals surface area (Å²) in [4.78, 5) is 27.4. The Morgan fingerprint density at radius 2 is 2.29 bits per heavy atom. The van der Waals surface area contributed by atoms with E-state index < -0.39 is 0 Å². The fraction of sp³-hybridized carbons (Fsp3) is 0.412. The molecule has 0 spiro atoms. The van der Waals surface area contributed by atoms with Crippen molar-refractivity contribution in [3.63, 3.8) is 0 Å². The van der Waals surface area contributed by atoms with Gasteiger partial charge in [-0.3, -0.25) is 9.59 Å². The third-order valence-electron chi connectivity index (χ3n) is 4.16. The quantitative estimate of drug-likeness (QED) is 0.872. The maximum atomic E-state index is 12.7. The largest absolute Gasteiger partial charge is 0.459 e. The second-order valence-electron chi connectivity index (χ2n) is 6.02. The smallest absolute Gasteiger partial charge is 0.291 e. The van der Waals surface area contributed by atoms with Crippen LogP contribution in [0, 0.1) is 12.8 Å². The zero-order valence-electron chi connectivity index (χ0n) is 13.8. The molecule has 0 aliphatic carbocycles. The second kappa shape index (κ2) is 7.19. The van der Waals surface area contributed by atoms with Crippen LogP contribution in [0.25, 0.3) is 0 Å². The Labute approximate surface area is 144 Å². The molecule has 1 aliphatic heterocycles. The SMILES string of the molecule is CNCC1CCN(C(=O)c2sc(NC(=O)c3ccco3)cc2C)C1. The van der Waals surface area contributed by atoms with E-state index in [-0.39, 0.29) is 17.6 Å². The van der Waals surface area contributed by atoms with Gasteiger partial charge in [0, 0.05) is 13.1 Å². The highest BCUT2D eigenvalue weighted by molar-refractivity contribution is 7.18. The van der Waals surface area contributed by atoms with Gasteiger partial charge < -0.3 is 20.0 Å². The van der Waals surface area contributed by atoms with Gasteiger partial charge in [0.25, 0.3) is 11.8 Å². The van der Waals surface area contributed by atoms with Crippen molar-refractivity contribution in [1.29, 1.82) is 0 Å². The van der Waals surface area contributed by atoms with Gasteiger partial charge in [-0.2, -0.15) is 0 Å². The molecule has 2 N–H and O–H groups in total. The van der Waals surface area contributed by atoms with Crippen LogP contribution in [-0.4, -0.2) is 43.4 Å². The number of furan rings is 1. The first-order valence-electron chi connectivity index (χ1n) is 7.97. The lowest BCUT2D eigenvalue weighted by atomic mass is 10.1. The monoisotopic (exact) mass is 347 g/mol. The highest BCUT2D eigenvalue weighted by Crippen LogP contribution is 2.30. The number of hydrogen-bond acceptors (Lipinski definition) is 5. The minimum Gasteiger partial charge on any atom is -0.459 e. The van der Waals surface area contributed by atoms with E-state index in [0.717, 1.165) is 31.6 Å². The molecule has 2 aromatic rings. The molecule has 6 nitrogen and oxygen atoms in total. The Hall–Kier alpha value is -2.12. The number of carbonyl (C=O) groups is 2. The molecule has 3 heterocycles. The fourth-order valence-electron chi connectivity index (χ4n) is 2.95. The first-order chi connectivity index (χ1) is 11.6. The van der Waals surface area contributed by atoms with E-state index in [2.05, 4.69) is 10.6 Å². The molecule has 1 unspecified atom stereocenters. The van der Waals surface area contributed by atoms with E-state index in [1.54, 1.807) is 12.1 Å². The van der Waals surface area contributed by atoms with Crippen molar-refractivity contribution in [2.24, 2.45) is 5.92 Å². The van der Waals surface area contributed by atoms with Crippen LogP contribution in [0.2, 0.25) is 0 Å². The lowest BCUT2D eigenvalue weighted by Gasteiger charge is -2.16. The number of amides is 2. The molecule has 24 heavy (non-hydrogen) atoms. The second-order valence-corrected chi connectivity index (χ2v) is 7.07. The first kappa shape index (κ1) is 16.7. The molecule has 0 bridgehead atoms. The summed E-state index contributed by atoms with van der Waals surface area (Å²) in [6.07, 6.45) is 2.48. The normalized spacial score (nSPS) is 17.2. The maximum Gasteiger partial charge on any atom is 0.291 e. The van der Waals surface area contributed by atoms with Crippen LogP contribution in [0.4, 0.5) is 5.00 Å². The summed E-state index contributed by atoms with van der Waals surface area (Å²) in [5.74, 6) is 0.505. The molecule has 0 aromatic carbocycles. The van der Waals surface area contributed by atoms with Crippen molar-refractivity contribution in [2.75, 3.05) is 32.0 Å². The molecule has 1 fully saturated rings. The van der Waals surface area contributed by atoms with Crippen LogP contribution >= 0.6 is 11.3 Å². The van der Waals surface area contributed by atoms with E-state index in [4.69, 9.17) is 4.42 Å². The zero-order chi connectivity index (χ0) is 17.1. The standard InChI is InChI=1S/C17H21N3O3S/c1-11-8-14(19-16(21)13-4-3-7-23-13)24-15(11)17(22)20-6-5-12(10-20)9-18-2/h3-4,7-8,12,18H,5-6,9-10H2,1-2H3,(H,19,21). The van der Waals surface area contributed by atoms with Gasteiger partial charge in [0.1, 0.15) is 0 Å². The van der Waals surface area contributed by atoms with Gasteiger partial charge in [-0.15, -0.1) is 11.3 Å². The lowest BCUT2D eigenvalue weighted by molar-refractivity contribution is 0.0791. The van der Waals surface area contributed by atoms with Crippen molar-refractivity contribution >= 4 is 28.2 Å². The molecular formula is C17H21N3O3S. The average molecular weight is 347 g/mol. The summed E-state index contributed by atoms with van der Waals surface area (Å²) in [5.41, 5.74) is 0.886. The number of hydrogen-bond donors (Lipinski definition) is 2. The van der Waals surface area contributed by atoms with Crippen LogP contribution in [0.15, 0.2) is 28.9 Å². The molecule has 3 rings (SSSR count). The number of thiophene rings is 1. The van der Waals surface area contributed by atoms with Gasteiger partial charge in [0.15, 0.2) is 5.76 Å². The molecule has 1 aliphatic rings. The van der Waals surface area contributed by atoms with Crippen LogP contribution in [0.1, 0.15) is 32.2 Å². The maximum absolute atomic E-state index is 12.7. The summed E-state index contributed by atoms with van der Waals surface area (Å²) >= 11 is 1.31. The van der Waals surface area contributed by atoms with Gasteiger partial charge in [0.2, 0.25) is 0 Å². The van der Waals surface area contributed by atoms with Gasteiger partial charge in [-0.25, -0.2) is 0 Å². The van der Waals surface area contributed by atoms with E-state index in [1.165, 1.54) is 17.6 Å². The molecular weight excluding hydrogens is 326 g/mol. The molecule has 2 amide bonds. The fourth-order valence-corrected chi connectivity index (χ4v) is 3.99. The van der Waals surface area contributed by atoms with Gasteiger partial charge in [-0.05, 0) is 56.6 Å². The van der Waals surface area contributed by atoms with Crippen LogP contribution in [-0.2, 0) is 0 Å². The molecule has 1 atom stereocenters. The molecule has 128 valence electrons. The molecule has 7 heteroatoms. The minimum atomic E-state index is -0.310. The number of carbonyl (C=O) groups excluding carboxylic acids is 2. The van der Waals surface area contributed by atoms with E-state index in [0.29, 0.717) is 15.8 Å². The van der Waals surface area contributed by atoms with E-state index >= 15 is 0 Å². The van der Waals surface area contributed by atoms with E-state index in [9.17, 15) is 9.59 Å².